The molecule has 1 aliphatic heterocycles. The van der Waals surface area contributed by atoms with Gasteiger partial charge >= 0.3 is 0 Å². The zero-order valence-electron chi connectivity index (χ0n) is 11.6. The fourth-order valence-corrected chi connectivity index (χ4v) is 2.15. The van der Waals surface area contributed by atoms with Gasteiger partial charge in [0.05, 0.1) is 17.8 Å². The van der Waals surface area contributed by atoms with Crippen LogP contribution in [0.15, 0.2) is 24.8 Å². The van der Waals surface area contributed by atoms with E-state index in [1.54, 1.807) is 13.0 Å². The van der Waals surface area contributed by atoms with Gasteiger partial charge < -0.3 is 9.84 Å². The minimum Gasteiger partial charge on any atom is -0.388 e. The highest BCUT2D eigenvalue weighted by atomic mass is 16.5. The summed E-state index contributed by atoms with van der Waals surface area (Å²) in [6.07, 6.45) is 2.86. The SMILES string of the molecule is C=CC1(C)CCC(C(C)C(=O)CC(O)C(=C)C)O1. The number of ether oxygens (including phenoxy) is 1. The van der Waals surface area contributed by atoms with Crippen molar-refractivity contribution in [2.75, 3.05) is 0 Å². The van der Waals surface area contributed by atoms with E-state index in [1.807, 2.05) is 13.8 Å². The second-order valence-corrected chi connectivity index (χ2v) is 5.53. The van der Waals surface area contributed by atoms with Crippen LogP contribution in [-0.2, 0) is 9.53 Å². The van der Waals surface area contributed by atoms with E-state index in [4.69, 9.17) is 4.74 Å². The monoisotopic (exact) mass is 252 g/mol. The van der Waals surface area contributed by atoms with E-state index in [-0.39, 0.29) is 29.8 Å². The molecule has 0 bridgehead atoms. The third-order valence-corrected chi connectivity index (χ3v) is 3.81. The van der Waals surface area contributed by atoms with Gasteiger partial charge in [0.25, 0.3) is 0 Å². The molecule has 4 unspecified atom stereocenters. The van der Waals surface area contributed by atoms with Crippen LogP contribution in [0.4, 0.5) is 0 Å². The number of aliphatic hydroxyl groups is 1. The Bertz CT molecular complexity index is 348. The highest BCUT2D eigenvalue weighted by Crippen LogP contribution is 2.35. The third-order valence-electron chi connectivity index (χ3n) is 3.81. The van der Waals surface area contributed by atoms with Crippen LogP contribution in [0.25, 0.3) is 0 Å². The van der Waals surface area contributed by atoms with E-state index in [9.17, 15) is 9.90 Å². The number of Topliss-reactive ketones (excluding diaryl/α,β-unsaturated/α-hetero) is 1. The van der Waals surface area contributed by atoms with Gasteiger partial charge in [-0.25, -0.2) is 0 Å². The van der Waals surface area contributed by atoms with Gasteiger partial charge in [0.1, 0.15) is 5.78 Å². The van der Waals surface area contributed by atoms with E-state index in [0.29, 0.717) is 5.57 Å². The van der Waals surface area contributed by atoms with Crippen LogP contribution in [0.5, 0.6) is 0 Å². The maximum absolute atomic E-state index is 12.0. The van der Waals surface area contributed by atoms with Crippen molar-refractivity contribution in [3.05, 3.63) is 24.8 Å². The quantitative estimate of drug-likeness (QED) is 0.739. The molecule has 1 heterocycles. The zero-order valence-corrected chi connectivity index (χ0v) is 11.6. The number of hydrogen-bond acceptors (Lipinski definition) is 3. The normalized spacial score (nSPS) is 30.8. The molecular weight excluding hydrogens is 228 g/mol. The first kappa shape index (κ1) is 15.1. The molecule has 18 heavy (non-hydrogen) atoms. The molecule has 0 aromatic carbocycles. The van der Waals surface area contributed by atoms with Gasteiger partial charge in [-0.15, -0.1) is 6.58 Å². The van der Waals surface area contributed by atoms with Crippen LogP contribution in [0.2, 0.25) is 0 Å². The van der Waals surface area contributed by atoms with Crippen LogP contribution in [0, 0.1) is 5.92 Å². The topological polar surface area (TPSA) is 46.5 Å². The summed E-state index contributed by atoms with van der Waals surface area (Å²) in [7, 11) is 0. The zero-order chi connectivity index (χ0) is 13.9. The standard InChI is InChI=1S/C15H24O3/c1-6-15(5)8-7-14(18-15)11(4)13(17)9-12(16)10(2)3/h6,11-12,14,16H,1-2,7-9H2,3-5H3. The molecule has 3 nitrogen and oxygen atoms in total. The van der Waals surface area contributed by atoms with E-state index < -0.39 is 6.10 Å². The second kappa shape index (κ2) is 5.81. The molecule has 1 rings (SSSR count). The molecule has 3 heteroatoms. The van der Waals surface area contributed by atoms with Crippen molar-refractivity contribution in [3.63, 3.8) is 0 Å². The summed E-state index contributed by atoms with van der Waals surface area (Å²) < 4.78 is 5.88. The Morgan fingerprint density at radius 1 is 1.67 bits per heavy atom. The molecule has 0 aromatic rings. The highest BCUT2D eigenvalue weighted by molar-refractivity contribution is 5.82. The van der Waals surface area contributed by atoms with Crippen LogP contribution in [-0.4, -0.2) is 28.7 Å². The summed E-state index contributed by atoms with van der Waals surface area (Å²) >= 11 is 0. The van der Waals surface area contributed by atoms with E-state index in [1.165, 1.54) is 0 Å². The first-order valence-electron chi connectivity index (χ1n) is 6.46. The summed E-state index contributed by atoms with van der Waals surface area (Å²) in [4.78, 5) is 12.0. The molecule has 0 spiro atoms. The second-order valence-electron chi connectivity index (χ2n) is 5.53. The number of carbonyl (C=O) groups is 1. The number of rotatable bonds is 6. The van der Waals surface area contributed by atoms with E-state index in [2.05, 4.69) is 13.2 Å². The molecule has 0 radical (unpaired) electrons. The molecule has 1 aliphatic rings. The first-order valence-corrected chi connectivity index (χ1v) is 6.46. The van der Waals surface area contributed by atoms with Gasteiger partial charge in [-0.05, 0) is 26.7 Å². The van der Waals surface area contributed by atoms with Crippen molar-refractivity contribution < 1.29 is 14.6 Å². The molecule has 102 valence electrons. The Kier molecular flexibility index (Phi) is 4.88. The summed E-state index contributed by atoms with van der Waals surface area (Å²) in [6, 6.07) is 0. The Balaban J connectivity index is 2.55. The highest BCUT2D eigenvalue weighted by Gasteiger charge is 2.38. The number of hydrogen-bond donors (Lipinski definition) is 1. The fraction of sp³-hybridized carbons (Fsp3) is 0.667. The third kappa shape index (κ3) is 3.53. The minimum absolute atomic E-state index is 0.0313. The predicted molar refractivity (Wildman–Crippen MR) is 72.3 cm³/mol. The summed E-state index contributed by atoms with van der Waals surface area (Å²) in [5, 5.41) is 9.66. The Morgan fingerprint density at radius 2 is 2.28 bits per heavy atom. The van der Waals surface area contributed by atoms with E-state index in [0.717, 1.165) is 12.8 Å². The van der Waals surface area contributed by atoms with Gasteiger partial charge in [0, 0.05) is 12.3 Å². The summed E-state index contributed by atoms with van der Waals surface area (Å²) in [6.45, 7) is 13.0. The Hall–Kier alpha value is -0.930. The van der Waals surface area contributed by atoms with E-state index >= 15 is 0 Å². The average Bonchev–Trinajstić information content (AvgIpc) is 2.71. The molecule has 4 atom stereocenters. The Labute approximate surface area is 110 Å². The van der Waals surface area contributed by atoms with Gasteiger partial charge in [-0.1, -0.05) is 25.2 Å². The van der Waals surface area contributed by atoms with Gasteiger partial charge in [-0.3, -0.25) is 4.79 Å². The van der Waals surface area contributed by atoms with Crippen molar-refractivity contribution >= 4 is 5.78 Å². The average molecular weight is 252 g/mol. The van der Waals surface area contributed by atoms with Crippen molar-refractivity contribution in [1.82, 2.24) is 0 Å². The summed E-state index contributed by atoms with van der Waals surface area (Å²) in [5.41, 5.74) is 0.311. The molecule has 1 saturated heterocycles. The van der Waals surface area contributed by atoms with Crippen molar-refractivity contribution in [2.45, 2.75) is 57.8 Å². The van der Waals surface area contributed by atoms with Crippen LogP contribution < -0.4 is 0 Å². The summed E-state index contributed by atoms with van der Waals surface area (Å²) in [5.74, 6) is -0.162. The predicted octanol–water partition coefficient (Wildman–Crippen LogP) is 2.64. The lowest BCUT2D eigenvalue weighted by Crippen LogP contribution is -2.31. The minimum atomic E-state index is -0.743. The maximum atomic E-state index is 12.0. The van der Waals surface area contributed by atoms with Gasteiger partial charge in [-0.2, -0.15) is 0 Å². The number of ketones is 1. The largest absolute Gasteiger partial charge is 0.388 e. The van der Waals surface area contributed by atoms with Crippen molar-refractivity contribution in [1.29, 1.82) is 0 Å². The first-order chi connectivity index (χ1) is 8.29. The molecular formula is C15H24O3. The molecule has 0 saturated carbocycles. The number of carbonyl (C=O) groups excluding carboxylic acids is 1. The van der Waals surface area contributed by atoms with Crippen LogP contribution >= 0.6 is 0 Å². The van der Waals surface area contributed by atoms with Gasteiger partial charge in [0.15, 0.2) is 0 Å². The number of aliphatic hydroxyl groups excluding tert-OH is 1. The molecule has 0 amide bonds. The van der Waals surface area contributed by atoms with Crippen molar-refractivity contribution in [2.24, 2.45) is 5.92 Å². The molecule has 1 fully saturated rings. The lowest BCUT2D eigenvalue weighted by Gasteiger charge is -2.24. The molecule has 0 aromatic heterocycles. The Morgan fingerprint density at radius 3 is 2.72 bits per heavy atom. The maximum Gasteiger partial charge on any atom is 0.141 e. The molecule has 1 N–H and O–H groups in total. The molecule has 0 aliphatic carbocycles. The lowest BCUT2D eigenvalue weighted by molar-refractivity contribution is -0.129. The van der Waals surface area contributed by atoms with Crippen LogP contribution in [0.3, 0.4) is 0 Å². The lowest BCUT2D eigenvalue weighted by atomic mass is 9.92. The van der Waals surface area contributed by atoms with Crippen molar-refractivity contribution in [3.8, 4) is 0 Å². The van der Waals surface area contributed by atoms with Gasteiger partial charge in [0.2, 0.25) is 0 Å². The fourth-order valence-electron chi connectivity index (χ4n) is 2.15. The smallest absolute Gasteiger partial charge is 0.141 e. The van der Waals surface area contributed by atoms with Crippen LogP contribution in [0.1, 0.15) is 40.0 Å².